The molecular weight excluding hydrogens is 382 g/mol. The van der Waals surface area contributed by atoms with Crippen LogP contribution in [0.2, 0.25) is 0 Å². The Morgan fingerprint density at radius 1 is 0.800 bits per heavy atom. The highest BCUT2D eigenvalue weighted by Gasteiger charge is 2.10. The molecule has 3 aromatic carbocycles. The lowest BCUT2D eigenvalue weighted by Gasteiger charge is -2.11. The second kappa shape index (κ2) is 10.7. The molecule has 1 N–H and O–H groups in total. The van der Waals surface area contributed by atoms with Gasteiger partial charge < -0.3 is 19.5 Å². The maximum atomic E-state index is 12.3. The van der Waals surface area contributed by atoms with Gasteiger partial charge in [0.1, 0.15) is 6.61 Å². The zero-order chi connectivity index (χ0) is 21.2. The Morgan fingerprint density at radius 2 is 1.43 bits per heavy atom. The predicted octanol–water partition coefficient (Wildman–Crippen LogP) is 4.46. The molecule has 0 bridgehead atoms. The van der Waals surface area contributed by atoms with Gasteiger partial charge in [-0.2, -0.15) is 0 Å². The molecule has 0 saturated carbocycles. The molecule has 0 heterocycles. The van der Waals surface area contributed by atoms with Crippen LogP contribution < -0.4 is 14.8 Å². The van der Waals surface area contributed by atoms with Crippen molar-refractivity contribution in [1.82, 2.24) is 0 Å². The molecule has 0 aliphatic carbocycles. The van der Waals surface area contributed by atoms with Crippen molar-refractivity contribution in [1.29, 1.82) is 0 Å². The molecule has 3 rings (SSSR count). The third kappa shape index (κ3) is 6.10. The van der Waals surface area contributed by atoms with E-state index in [-0.39, 0.29) is 19.1 Å². The molecule has 0 aliphatic rings. The molecule has 154 valence electrons. The van der Waals surface area contributed by atoms with Crippen LogP contribution in [0.25, 0.3) is 0 Å². The monoisotopic (exact) mass is 405 g/mol. The minimum absolute atomic E-state index is 0.0931. The number of rotatable bonds is 9. The number of anilines is 1. The molecule has 0 unspecified atom stereocenters. The maximum absolute atomic E-state index is 12.3. The molecule has 6 heteroatoms. The highest BCUT2D eigenvalue weighted by Crippen LogP contribution is 2.26. The van der Waals surface area contributed by atoms with Crippen molar-refractivity contribution in [2.75, 3.05) is 18.5 Å². The Kier molecular flexibility index (Phi) is 7.44. The third-order valence-corrected chi connectivity index (χ3v) is 4.14. The maximum Gasteiger partial charge on any atom is 0.344 e. The molecule has 0 spiro atoms. The fourth-order valence-electron chi connectivity index (χ4n) is 2.66. The van der Waals surface area contributed by atoms with Crippen LogP contribution in [-0.2, 0) is 16.1 Å². The van der Waals surface area contributed by atoms with Gasteiger partial charge in [-0.3, -0.25) is 4.79 Å². The van der Waals surface area contributed by atoms with Crippen LogP contribution in [-0.4, -0.2) is 25.1 Å². The fourth-order valence-corrected chi connectivity index (χ4v) is 2.66. The van der Waals surface area contributed by atoms with Crippen LogP contribution in [0.1, 0.15) is 22.8 Å². The summed E-state index contributed by atoms with van der Waals surface area (Å²) in [6.07, 6.45) is 0. The van der Waals surface area contributed by atoms with Crippen LogP contribution in [0.5, 0.6) is 11.5 Å². The number of ether oxygens (including phenoxy) is 3. The molecule has 0 saturated heterocycles. The Labute approximate surface area is 175 Å². The fraction of sp³-hybridized carbons (Fsp3) is 0.167. The number of hydrogen-bond donors (Lipinski definition) is 1. The van der Waals surface area contributed by atoms with Crippen molar-refractivity contribution in [3.8, 4) is 11.5 Å². The Hall–Kier alpha value is -3.80. The van der Waals surface area contributed by atoms with Crippen LogP contribution in [0.3, 0.4) is 0 Å². The van der Waals surface area contributed by atoms with Gasteiger partial charge >= 0.3 is 5.97 Å². The van der Waals surface area contributed by atoms with Gasteiger partial charge in [-0.1, -0.05) is 42.5 Å². The molecule has 0 atom stereocenters. The van der Waals surface area contributed by atoms with Crippen molar-refractivity contribution in [2.24, 2.45) is 0 Å². The van der Waals surface area contributed by atoms with Gasteiger partial charge in [0.15, 0.2) is 18.1 Å². The molecule has 0 radical (unpaired) electrons. The summed E-state index contributed by atoms with van der Waals surface area (Å²) in [6.45, 7) is 2.25. The molecule has 30 heavy (non-hydrogen) atoms. The molecule has 0 aliphatic heterocycles. The molecule has 0 fully saturated rings. The number of benzene rings is 3. The zero-order valence-corrected chi connectivity index (χ0v) is 16.7. The molecular formula is C24H23NO5. The summed E-state index contributed by atoms with van der Waals surface area (Å²) in [6, 6.07) is 23.3. The summed E-state index contributed by atoms with van der Waals surface area (Å²) in [5, 5.41) is 2.82. The minimum atomic E-state index is -0.493. The lowest BCUT2D eigenvalue weighted by Crippen LogP contribution is -2.15. The largest absolute Gasteiger partial charge is 0.490 e. The first-order chi connectivity index (χ1) is 14.7. The van der Waals surface area contributed by atoms with Crippen LogP contribution in [0.15, 0.2) is 78.9 Å². The smallest absolute Gasteiger partial charge is 0.344 e. The third-order valence-electron chi connectivity index (χ3n) is 4.14. The summed E-state index contributed by atoms with van der Waals surface area (Å²) in [5.74, 6) is 0.376. The number of nitrogens with one attached hydrogen (secondary N) is 1. The Balaban J connectivity index is 1.46. The zero-order valence-electron chi connectivity index (χ0n) is 16.7. The number of carbonyl (C=O) groups is 2. The van der Waals surface area contributed by atoms with Gasteiger partial charge in [0.05, 0.1) is 6.61 Å². The van der Waals surface area contributed by atoms with Crippen molar-refractivity contribution in [3.05, 3.63) is 90.0 Å². The van der Waals surface area contributed by atoms with E-state index in [1.54, 1.807) is 42.5 Å². The van der Waals surface area contributed by atoms with E-state index in [1.165, 1.54) is 0 Å². The highest BCUT2D eigenvalue weighted by molar-refractivity contribution is 6.04. The average molecular weight is 405 g/mol. The van der Waals surface area contributed by atoms with E-state index in [0.29, 0.717) is 23.7 Å². The van der Waals surface area contributed by atoms with E-state index in [9.17, 15) is 9.59 Å². The SMILES string of the molecule is CCOc1ccccc1OCC(=O)OCc1ccc(C(=O)Nc2ccccc2)cc1. The van der Waals surface area contributed by atoms with E-state index >= 15 is 0 Å². The van der Waals surface area contributed by atoms with Gasteiger partial charge in [0.25, 0.3) is 5.91 Å². The minimum Gasteiger partial charge on any atom is -0.490 e. The van der Waals surface area contributed by atoms with Gasteiger partial charge in [-0.05, 0) is 48.9 Å². The first-order valence-electron chi connectivity index (χ1n) is 9.61. The molecule has 6 nitrogen and oxygen atoms in total. The summed E-state index contributed by atoms with van der Waals surface area (Å²) >= 11 is 0. The lowest BCUT2D eigenvalue weighted by molar-refractivity contribution is -0.147. The van der Waals surface area contributed by atoms with Gasteiger partial charge in [0, 0.05) is 11.3 Å². The average Bonchev–Trinajstić information content (AvgIpc) is 2.78. The number of amides is 1. The Bertz CT molecular complexity index is 970. The first kappa shape index (κ1) is 20.9. The summed E-state index contributed by atoms with van der Waals surface area (Å²) in [5.41, 5.74) is 2.02. The lowest BCUT2D eigenvalue weighted by atomic mass is 10.1. The van der Waals surface area contributed by atoms with E-state index < -0.39 is 5.97 Å². The second-order valence-electron chi connectivity index (χ2n) is 6.35. The van der Waals surface area contributed by atoms with Gasteiger partial charge in [-0.25, -0.2) is 4.79 Å². The highest BCUT2D eigenvalue weighted by atomic mass is 16.6. The predicted molar refractivity (Wildman–Crippen MR) is 114 cm³/mol. The van der Waals surface area contributed by atoms with E-state index in [4.69, 9.17) is 14.2 Å². The van der Waals surface area contributed by atoms with Crippen LogP contribution in [0.4, 0.5) is 5.69 Å². The number of carbonyl (C=O) groups excluding carboxylic acids is 2. The van der Waals surface area contributed by atoms with E-state index in [1.807, 2.05) is 43.3 Å². The van der Waals surface area contributed by atoms with Crippen molar-refractivity contribution in [3.63, 3.8) is 0 Å². The molecule has 0 aromatic heterocycles. The first-order valence-corrected chi connectivity index (χ1v) is 9.61. The summed E-state index contributed by atoms with van der Waals surface area (Å²) in [4.78, 5) is 24.2. The Morgan fingerprint density at radius 3 is 2.10 bits per heavy atom. The van der Waals surface area contributed by atoms with Gasteiger partial charge in [0.2, 0.25) is 0 Å². The van der Waals surface area contributed by atoms with Crippen LogP contribution in [0, 0.1) is 0 Å². The molecule has 3 aromatic rings. The summed E-state index contributed by atoms with van der Waals surface area (Å²) < 4.78 is 16.2. The normalized spacial score (nSPS) is 10.2. The number of hydrogen-bond acceptors (Lipinski definition) is 5. The van der Waals surface area contributed by atoms with Crippen molar-refractivity contribution < 1.29 is 23.8 Å². The quantitative estimate of drug-likeness (QED) is 0.532. The number of esters is 1. The number of para-hydroxylation sites is 3. The molecule has 1 amide bonds. The topological polar surface area (TPSA) is 73.9 Å². The standard InChI is InChI=1S/C24H23NO5/c1-2-28-21-10-6-7-11-22(21)29-17-23(26)30-16-18-12-14-19(15-13-18)24(27)25-20-8-4-3-5-9-20/h3-15H,2,16-17H2,1H3,(H,25,27). The van der Waals surface area contributed by atoms with Crippen molar-refractivity contribution >= 4 is 17.6 Å². The van der Waals surface area contributed by atoms with Crippen molar-refractivity contribution in [2.45, 2.75) is 13.5 Å². The summed E-state index contributed by atoms with van der Waals surface area (Å²) in [7, 11) is 0. The van der Waals surface area contributed by atoms with Gasteiger partial charge in [-0.15, -0.1) is 0 Å². The van der Waals surface area contributed by atoms with Crippen LogP contribution >= 0.6 is 0 Å². The second-order valence-corrected chi connectivity index (χ2v) is 6.35. The van der Waals surface area contributed by atoms with E-state index in [2.05, 4.69) is 5.32 Å². The van der Waals surface area contributed by atoms with E-state index in [0.717, 1.165) is 11.3 Å².